The third-order valence-electron chi connectivity index (χ3n) is 4.96. The van der Waals surface area contributed by atoms with E-state index < -0.39 is 0 Å². The first-order valence-corrected chi connectivity index (χ1v) is 11.0. The third kappa shape index (κ3) is 4.67. The number of halogens is 1. The first-order valence-electron chi connectivity index (χ1n) is 9.77. The SMILES string of the molecule is CC(C)(C)c1ccc([S+](c2ccc(F)cc2)c2ccc(C(C)(C)C)cc2)cc1. The van der Waals surface area contributed by atoms with E-state index in [4.69, 9.17) is 0 Å². The predicted octanol–water partition coefficient (Wildman–Crippen LogP) is 7.52. The zero-order chi connectivity index (χ0) is 20.5. The van der Waals surface area contributed by atoms with Crippen molar-refractivity contribution in [3.05, 3.63) is 89.7 Å². The molecular weight excluding hydrogens is 363 g/mol. The molecule has 2 heteroatoms. The van der Waals surface area contributed by atoms with Gasteiger partial charge in [0.1, 0.15) is 5.82 Å². The maximum absolute atomic E-state index is 13.5. The first-order chi connectivity index (χ1) is 13.1. The lowest BCUT2D eigenvalue weighted by molar-refractivity contribution is 0.589. The Balaban J connectivity index is 2.06. The van der Waals surface area contributed by atoms with Gasteiger partial charge in [-0.15, -0.1) is 0 Å². The Morgan fingerprint density at radius 2 is 0.786 bits per heavy atom. The van der Waals surface area contributed by atoms with Gasteiger partial charge in [-0.3, -0.25) is 0 Å². The number of rotatable bonds is 3. The lowest BCUT2D eigenvalue weighted by Gasteiger charge is -2.20. The smallest absolute Gasteiger partial charge is 0.166 e. The molecule has 0 unspecified atom stereocenters. The summed E-state index contributed by atoms with van der Waals surface area (Å²) in [6.45, 7) is 13.4. The van der Waals surface area contributed by atoms with Crippen LogP contribution < -0.4 is 0 Å². The van der Waals surface area contributed by atoms with Gasteiger partial charge in [-0.1, -0.05) is 65.8 Å². The predicted molar refractivity (Wildman–Crippen MR) is 119 cm³/mol. The zero-order valence-corrected chi connectivity index (χ0v) is 18.5. The van der Waals surface area contributed by atoms with E-state index in [9.17, 15) is 4.39 Å². The maximum Gasteiger partial charge on any atom is 0.166 e. The van der Waals surface area contributed by atoms with Crippen molar-refractivity contribution in [3.63, 3.8) is 0 Å². The molecule has 3 aromatic carbocycles. The minimum Gasteiger partial charge on any atom is -0.207 e. The highest BCUT2D eigenvalue weighted by molar-refractivity contribution is 7.97. The molecular formula is C26H30FS+. The van der Waals surface area contributed by atoms with E-state index in [2.05, 4.69) is 90.1 Å². The molecule has 28 heavy (non-hydrogen) atoms. The van der Waals surface area contributed by atoms with Crippen molar-refractivity contribution in [3.8, 4) is 0 Å². The molecule has 0 N–H and O–H groups in total. The molecule has 0 radical (unpaired) electrons. The van der Waals surface area contributed by atoms with Crippen molar-refractivity contribution in [2.45, 2.75) is 67.1 Å². The highest BCUT2D eigenvalue weighted by Crippen LogP contribution is 2.34. The minimum absolute atomic E-state index is 0.126. The van der Waals surface area contributed by atoms with Crippen LogP contribution in [0.3, 0.4) is 0 Å². The standard InChI is InChI=1S/C26H30FS/c1-25(2,3)19-7-13-22(14-8-19)28(24-17-11-21(27)12-18-24)23-15-9-20(10-16-23)26(4,5)6/h7-18H,1-6H3/q+1. The van der Waals surface area contributed by atoms with E-state index in [1.807, 2.05) is 12.1 Å². The first kappa shape index (κ1) is 20.7. The van der Waals surface area contributed by atoms with Crippen molar-refractivity contribution in [1.82, 2.24) is 0 Å². The van der Waals surface area contributed by atoms with Crippen LogP contribution in [0.15, 0.2) is 87.5 Å². The number of hydrogen-bond donors (Lipinski definition) is 0. The highest BCUT2D eigenvalue weighted by Gasteiger charge is 2.29. The van der Waals surface area contributed by atoms with Gasteiger partial charge in [-0.2, -0.15) is 0 Å². The molecule has 0 heterocycles. The Bertz CT molecular complexity index is 851. The van der Waals surface area contributed by atoms with E-state index in [-0.39, 0.29) is 27.5 Å². The van der Waals surface area contributed by atoms with Crippen LogP contribution in [0.2, 0.25) is 0 Å². The average molecular weight is 394 g/mol. The summed E-state index contributed by atoms with van der Waals surface area (Å²) in [5.74, 6) is -0.196. The number of hydrogen-bond acceptors (Lipinski definition) is 0. The lowest BCUT2D eigenvalue weighted by atomic mass is 9.87. The Hall–Kier alpha value is -2.06. The molecule has 0 fully saturated rings. The van der Waals surface area contributed by atoms with Gasteiger partial charge in [0.25, 0.3) is 0 Å². The topological polar surface area (TPSA) is 0 Å². The Kier molecular flexibility index (Phi) is 5.72. The molecule has 0 aliphatic rings. The van der Waals surface area contributed by atoms with Crippen LogP contribution in [0, 0.1) is 5.82 Å². The van der Waals surface area contributed by atoms with Crippen molar-refractivity contribution in [2.24, 2.45) is 0 Å². The average Bonchev–Trinajstić information content (AvgIpc) is 2.63. The molecule has 0 amide bonds. The van der Waals surface area contributed by atoms with Crippen molar-refractivity contribution >= 4 is 10.9 Å². The summed E-state index contributed by atoms with van der Waals surface area (Å²) < 4.78 is 13.5. The molecule has 3 rings (SSSR count). The summed E-state index contributed by atoms with van der Waals surface area (Å²) in [5, 5.41) is 0. The molecule has 3 aromatic rings. The van der Waals surface area contributed by atoms with E-state index in [0.717, 1.165) is 4.90 Å². The van der Waals surface area contributed by atoms with Crippen LogP contribution in [0.5, 0.6) is 0 Å². The molecule has 0 bridgehead atoms. The molecule has 0 nitrogen and oxygen atoms in total. The van der Waals surface area contributed by atoms with Crippen LogP contribution in [0.25, 0.3) is 0 Å². The fourth-order valence-electron chi connectivity index (χ4n) is 3.16. The number of benzene rings is 3. The summed E-state index contributed by atoms with van der Waals surface area (Å²) in [5.41, 5.74) is 2.90. The maximum atomic E-state index is 13.5. The Morgan fingerprint density at radius 3 is 1.07 bits per heavy atom. The Morgan fingerprint density at radius 1 is 0.500 bits per heavy atom. The van der Waals surface area contributed by atoms with E-state index >= 15 is 0 Å². The summed E-state index contributed by atoms with van der Waals surface area (Å²) in [4.78, 5) is 3.64. The van der Waals surface area contributed by atoms with Crippen LogP contribution in [-0.2, 0) is 21.7 Å². The van der Waals surface area contributed by atoms with Crippen LogP contribution in [-0.4, -0.2) is 0 Å². The second kappa shape index (κ2) is 7.75. The molecule has 0 aliphatic carbocycles. The molecule has 0 spiro atoms. The monoisotopic (exact) mass is 393 g/mol. The van der Waals surface area contributed by atoms with Crippen molar-refractivity contribution in [2.75, 3.05) is 0 Å². The van der Waals surface area contributed by atoms with Gasteiger partial charge in [-0.25, -0.2) is 4.39 Å². The van der Waals surface area contributed by atoms with Gasteiger partial charge >= 0.3 is 0 Å². The largest absolute Gasteiger partial charge is 0.207 e. The molecule has 0 aliphatic heterocycles. The second-order valence-electron chi connectivity index (χ2n) is 9.31. The summed E-state index contributed by atoms with van der Waals surface area (Å²) in [6, 6.07) is 24.7. The third-order valence-corrected chi connectivity index (χ3v) is 7.19. The quantitative estimate of drug-likeness (QED) is 0.404. The summed E-state index contributed by atoms with van der Waals surface area (Å²) in [7, 11) is -0.260. The fraction of sp³-hybridized carbons (Fsp3) is 0.308. The van der Waals surface area contributed by atoms with Gasteiger partial charge in [0.15, 0.2) is 14.7 Å². The van der Waals surface area contributed by atoms with Crippen LogP contribution in [0.1, 0.15) is 52.7 Å². The summed E-state index contributed by atoms with van der Waals surface area (Å²) in [6.07, 6.45) is 0. The molecule has 0 atom stereocenters. The van der Waals surface area contributed by atoms with Gasteiger partial charge in [-0.05, 0) is 70.5 Å². The van der Waals surface area contributed by atoms with Gasteiger partial charge < -0.3 is 0 Å². The minimum atomic E-state index is -0.260. The molecule has 146 valence electrons. The van der Waals surface area contributed by atoms with Crippen molar-refractivity contribution in [1.29, 1.82) is 0 Å². The van der Waals surface area contributed by atoms with Crippen molar-refractivity contribution < 1.29 is 4.39 Å². The molecule has 0 saturated heterocycles. The zero-order valence-electron chi connectivity index (χ0n) is 17.7. The lowest BCUT2D eigenvalue weighted by Crippen LogP contribution is -2.13. The highest BCUT2D eigenvalue weighted by atomic mass is 32.2. The summed E-state index contributed by atoms with van der Waals surface area (Å²) >= 11 is 0. The van der Waals surface area contributed by atoms with E-state index in [1.54, 1.807) is 12.1 Å². The second-order valence-corrected chi connectivity index (χ2v) is 11.3. The van der Waals surface area contributed by atoms with Gasteiger partial charge in [0.05, 0.1) is 10.9 Å². The molecule has 0 aromatic heterocycles. The van der Waals surface area contributed by atoms with E-state index in [0.29, 0.717) is 0 Å². The van der Waals surface area contributed by atoms with Crippen LogP contribution >= 0.6 is 0 Å². The van der Waals surface area contributed by atoms with Crippen LogP contribution in [0.4, 0.5) is 4.39 Å². The van der Waals surface area contributed by atoms with Gasteiger partial charge in [0.2, 0.25) is 0 Å². The Labute approximate surface area is 172 Å². The molecule has 0 saturated carbocycles. The van der Waals surface area contributed by atoms with Gasteiger partial charge in [0, 0.05) is 0 Å². The van der Waals surface area contributed by atoms with E-state index in [1.165, 1.54) is 20.9 Å². The fourth-order valence-corrected chi connectivity index (χ4v) is 5.20. The normalized spacial score (nSPS) is 12.4.